The van der Waals surface area contributed by atoms with E-state index in [0.29, 0.717) is 5.56 Å². The molecule has 0 fully saturated rings. The highest BCUT2D eigenvalue weighted by atomic mass is 19.1. The molecule has 0 saturated carbocycles. The first-order chi connectivity index (χ1) is 7.70. The van der Waals surface area contributed by atoms with E-state index in [-0.39, 0.29) is 12.4 Å². The zero-order valence-corrected chi connectivity index (χ0v) is 9.07. The van der Waals surface area contributed by atoms with Crippen LogP contribution in [0.4, 0.5) is 4.39 Å². The molecule has 1 nitrogen and oxygen atoms in total. The predicted octanol–water partition coefficient (Wildman–Crippen LogP) is 3.29. The molecule has 0 atom stereocenters. The van der Waals surface area contributed by atoms with Crippen molar-refractivity contribution in [2.24, 2.45) is 0 Å². The maximum atomic E-state index is 13.4. The van der Waals surface area contributed by atoms with Crippen LogP contribution in [-0.2, 0) is 6.61 Å². The van der Waals surface area contributed by atoms with E-state index in [4.69, 9.17) is 5.11 Å². The van der Waals surface area contributed by atoms with Crippen molar-refractivity contribution in [3.63, 3.8) is 0 Å². The summed E-state index contributed by atoms with van der Waals surface area (Å²) in [6.45, 7) is 1.77. The summed E-state index contributed by atoms with van der Waals surface area (Å²) in [5.74, 6) is -0.191. The third kappa shape index (κ3) is 2.12. The van der Waals surface area contributed by atoms with E-state index in [9.17, 15) is 4.39 Å². The maximum Gasteiger partial charge on any atom is 0.126 e. The van der Waals surface area contributed by atoms with Crippen molar-refractivity contribution < 1.29 is 9.50 Å². The number of aliphatic hydroxyl groups is 1. The van der Waals surface area contributed by atoms with E-state index in [1.54, 1.807) is 13.0 Å². The van der Waals surface area contributed by atoms with Crippen molar-refractivity contribution >= 4 is 0 Å². The first kappa shape index (κ1) is 10.8. The highest BCUT2D eigenvalue weighted by molar-refractivity contribution is 5.64. The van der Waals surface area contributed by atoms with Gasteiger partial charge in [-0.05, 0) is 35.2 Å². The van der Waals surface area contributed by atoms with E-state index < -0.39 is 0 Å². The van der Waals surface area contributed by atoms with Crippen LogP contribution >= 0.6 is 0 Å². The normalized spacial score (nSPS) is 10.4. The lowest BCUT2D eigenvalue weighted by Gasteiger charge is -2.04. The standard InChI is InChI=1S/C14H13FO/c1-10-2-5-13(8-14(10)15)12-6-3-11(9-16)4-7-12/h2-8,16H,9H2,1H3. The average Bonchev–Trinajstić information content (AvgIpc) is 2.33. The third-order valence-electron chi connectivity index (χ3n) is 2.64. The summed E-state index contributed by atoms with van der Waals surface area (Å²) in [6.07, 6.45) is 0. The number of hydrogen-bond donors (Lipinski definition) is 1. The lowest BCUT2D eigenvalue weighted by Crippen LogP contribution is -1.86. The third-order valence-corrected chi connectivity index (χ3v) is 2.64. The van der Waals surface area contributed by atoms with Crippen molar-refractivity contribution in [1.29, 1.82) is 0 Å². The second kappa shape index (κ2) is 4.45. The Hall–Kier alpha value is -1.67. The van der Waals surface area contributed by atoms with Crippen LogP contribution in [0.2, 0.25) is 0 Å². The Bertz CT molecular complexity index is 489. The molecule has 2 aromatic carbocycles. The van der Waals surface area contributed by atoms with Crippen LogP contribution in [0.15, 0.2) is 42.5 Å². The van der Waals surface area contributed by atoms with Crippen molar-refractivity contribution in [3.8, 4) is 11.1 Å². The number of aryl methyl sites for hydroxylation is 1. The lowest BCUT2D eigenvalue weighted by atomic mass is 10.0. The number of rotatable bonds is 2. The summed E-state index contributed by atoms with van der Waals surface area (Å²) in [4.78, 5) is 0. The van der Waals surface area contributed by atoms with Crippen molar-refractivity contribution in [2.75, 3.05) is 0 Å². The van der Waals surface area contributed by atoms with Gasteiger partial charge in [0, 0.05) is 0 Å². The topological polar surface area (TPSA) is 20.2 Å². The van der Waals surface area contributed by atoms with Crippen LogP contribution in [0.1, 0.15) is 11.1 Å². The molecule has 0 aliphatic heterocycles. The van der Waals surface area contributed by atoms with Crippen LogP contribution in [0.3, 0.4) is 0 Å². The minimum absolute atomic E-state index is 0.0303. The second-order valence-electron chi connectivity index (χ2n) is 3.82. The zero-order valence-electron chi connectivity index (χ0n) is 9.07. The SMILES string of the molecule is Cc1ccc(-c2ccc(CO)cc2)cc1F. The van der Waals surface area contributed by atoms with Crippen molar-refractivity contribution in [3.05, 3.63) is 59.4 Å². The molecule has 0 saturated heterocycles. The number of aliphatic hydroxyl groups excluding tert-OH is 1. The van der Waals surface area contributed by atoms with Gasteiger partial charge in [0.05, 0.1) is 6.61 Å². The molecule has 0 radical (unpaired) electrons. The van der Waals surface area contributed by atoms with Crippen molar-refractivity contribution in [1.82, 2.24) is 0 Å². The fourth-order valence-corrected chi connectivity index (χ4v) is 1.58. The molecular weight excluding hydrogens is 203 g/mol. The monoisotopic (exact) mass is 216 g/mol. The maximum absolute atomic E-state index is 13.4. The van der Waals surface area contributed by atoms with Gasteiger partial charge in [0.25, 0.3) is 0 Å². The van der Waals surface area contributed by atoms with Gasteiger partial charge in [0.2, 0.25) is 0 Å². The van der Waals surface area contributed by atoms with E-state index in [1.165, 1.54) is 6.07 Å². The molecular formula is C14H13FO. The molecule has 0 bridgehead atoms. The Balaban J connectivity index is 2.38. The quantitative estimate of drug-likeness (QED) is 0.816. The van der Waals surface area contributed by atoms with Gasteiger partial charge in [0.15, 0.2) is 0 Å². The largest absolute Gasteiger partial charge is 0.392 e. The summed E-state index contributed by atoms with van der Waals surface area (Å²) >= 11 is 0. The Morgan fingerprint density at radius 2 is 1.62 bits per heavy atom. The number of benzene rings is 2. The molecule has 0 aliphatic carbocycles. The molecule has 82 valence electrons. The predicted molar refractivity (Wildman–Crippen MR) is 62.5 cm³/mol. The van der Waals surface area contributed by atoms with E-state index in [0.717, 1.165) is 16.7 Å². The minimum atomic E-state index is -0.191. The van der Waals surface area contributed by atoms with Gasteiger partial charge in [-0.1, -0.05) is 36.4 Å². The molecule has 2 rings (SSSR count). The smallest absolute Gasteiger partial charge is 0.126 e. The van der Waals surface area contributed by atoms with Gasteiger partial charge in [-0.2, -0.15) is 0 Å². The minimum Gasteiger partial charge on any atom is -0.392 e. The molecule has 0 amide bonds. The Morgan fingerprint density at radius 1 is 1.00 bits per heavy atom. The Kier molecular flexibility index (Phi) is 3.02. The summed E-state index contributed by atoms with van der Waals surface area (Å²) in [6, 6.07) is 12.6. The van der Waals surface area contributed by atoms with Gasteiger partial charge in [-0.15, -0.1) is 0 Å². The van der Waals surface area contributed by atoms with Gasteiger partial charge in [0.1, 0.15) is 5.82 Å². The number of halogens is 1. The summed E-state index contributed by atoms with van der Waals surface area (Å²) in [5, 5.41) is 8.92. The number of hydrogen-bond acceptors (Lipinski definition) is 1. The second-order valence-corrected chi connectivity index (χ2v) is 3.82. The van der Waals surface area contributed by atoms with E-state index in [1.807, 2.05) is 30.3 Å². The molecule has 16 heavy (non-hydrogen) atoms. The fourth-order valence-electron chi connectivity index (χ4n) is 1.58. The van der Waals surface area contributed by atoms with Crippen LogP contribution in [0, 0.1) is 12.7 Å². The van der Waals surface area contributed by atoms with E-state index >= 15 is 0 Å². The van der Waals surface area contributed by atoms with Crippen LogP contribution < -0.4 is 0 Å². The molecule has 0 aliphatic rings. The van der Waals surface area contributed by atoms with Crippen molar-refractivity contribution in [2.45, 2.75) is 13.5 Å². The highest BCUT2D eigenvalue weighted by Gasteiger charge is 2.01. The lowest BCUT2D eigenvalue weighted by molar-refractivity contribution is 0.282. The summed E-state index contributed by atoms with van der Waals surface area (Å²) < 4.78 is 13.4. The van der Waals surface area contributed by atoms with Gasteiger partial charge in [-0.25, -0.2) is 4.39 Å². The average molecular weight is 216 g/mol. The van der Waals surface area contributed by atoms with Crippen LogP contribution in [0.25, 0.3) is 11.1 Å². The van der Waals surface area contributed by atoms with Gasteiger partial charge < -0.3 is 5.11 Å². The van der Waals surface area contributed by atoms with Gasteiger partial charge >= 0.3 is 0 Å². The summed E-state index contributed by atoms with van der Waals surface area (Å²) in [7, 11) is 0. The molecule has 1 N–H and O–H groups in total. The fraction of sp³-hybridized carbons (Fsp3) is 0.143. The highest BCUT2D eigenvalue weighted by Crippen LogP contribution is 2.22. The molecule has 0 heterocycles. The first-order valence-electron chi connectivity index (χ1n) is 5.17. The first-order valence-corrected chi connectivity index (χ1v) is 5.17. The molecule has 2 aromatic rings. The molecule has 0 unspecified atom stereocenters. The molecule has 0 aromatic heterocycles. The molecule has 2 heteroatoms. The van der Waals surface area contributed by atoms with E-state index in [2.05, 4.69) is 0 Å². The molecule has 0 spiro atoms. The Labute approximate surface area is 94.2 Å². The van der Waals surface area contributed by atoms with Crippen LogP contribution in [-0.4, -0.2) is 5.11 Å². The summed E-state index contributed by atoms with van der Waals surface area (Å²) in [5.41, 5.74) is 3.32. The van der Waals surface area contributed by atoms with Gasteiger partial charge in [-0.3, -0.25) is 0 Å². The Morgan fingerprint density at radius 3 is 2.19 bits per heavy atom. The van der Waals surface area contributed by atoms with Crippen LogP contribution in [0.5, 0.6) is 0 Å². The zero-order chi connectivity index (χ0) is 11.5.